The van der Waals surface area contributed by atoms with E-state index in [1.165, 1.54) is 0 Å². The molecule has 3 aromatic rings. The van der Waals surface area contributed by atoms with Crippen LogP contribution in [0.25, 0.3) is 0 Å². The number of ether oxygens (including phenoxy) is 1. The quantitative estimate of drug-likeness (QED) is 0.707. The second-order valence-corrected chi connectivity index (χ2v) is 7.20. The minimum atomic E-state index is -0.393. The standard InChI is InChI=1S/C22H20ClN3O2/c1-28-17-11-15(10-16(23)13-17)9-14-5-7-25-21(12-14)26-8-6-18-19(22(24)27)3-2-4-20(18)26/h2-5,7,10-13H,6,8-9H2,1H3,(H2,24,27). The van der Waals surface area contributed by atoms with Gasteiger partial charge in [-0.05, 0) is 72.0 Å². The highest BCUT2D eigenvalue weighted by molar-refractivity contribution is 6.30. The fourth-order valence-electron chi connectivity index (χ4n) is 3.70. The summed E-state index contributed by atoms with van der Waals surface area (Å²) in [6, 6.07) is 15.4. The second kappa shape index (κ2) is 7.52. The summed E-state index contributed by atoms with van der Waals surface area (Å²) in [7, 11) is 1.63. The fraction of sp³-hybridized carbons (Fsp3) is 0.182. The molecule has 142 valence electrons. The van der Waals surface area contributed by atoms with E-state index in [0.29, 0.717) is 17.0 Å². The summed E-state index contributed by atoms with van der Waals surface area (Å²) in [6.07, 6.45) is 3.29. The van der Waals surface area contributed by atoms with Gasteiger partial charge in [0.1, 0.15) is 11.6 Å². The Balaban J connectivity index is 1.64. The van der Waals surface area contributed by atoms with Crippen LogP contribution >= 0.6 is 11.6 Å². The molecule has 5 nitrogen and oxygen atoms in total. The van der Waals surface area contributed by atoms with Crippen molar-refractivity contribution in [3.05, 3.63) is 82.0 Å². The molecule has 28 heavy (non-hydrogen) atoms. The number of nitrogens with zero attached hydrogens (tertiary/aromatic N) is 2. The van der Waals surface area contributed by atoms with E-state index in [4.69, 9.17) is 22.1 Å². The lowest BCUT2D eigenvalue weighted by Gasteiger charge is -2.19. The zero-order chi connectivity index (χ0) is 19.7. The molecule has 0 fully saturated rings. The Morgan fingerprint density at radius 2 is 2.07 bits per heavy atom. The molecule has 4 rings (SSSR count). The number of hydrogen-bond acceptors (Lipinski definition) is 4. The summed E-state index contributed by atoms with van der Waals surface area (Å²) >= 11 is 6.19. The van der Waals surface area contributed by atoms with E-state index in [0.717, 1.165) is 46.9 Å². The van der Waals surface area contributed by atoms with Gasteiger partial charge in [-0.15, -0.1) is 0 Å². The second-order valence-electron chi connectivity index (χ2n) is 6.77. The first-order valence-electron chi connectivity index (χ1n) is 9.03. The van der Waals surface area contributed by atoms with Crippen LogP contribution in [0.1, 0.15) is 27.0 Å². The average molecular weight is 394 g/mol. The molecular weight excluding hydrogens is 374 g/mol. The summed E-state index contributed by atoms with van der Waals surface area (Å²) < 4.78 is 5.31. The van der Waals surface area contributed by atoms with Gasteiger partial charge in [-0.25, -0.2) is 4.98 Å². The van der Waals surface area contributed by atoms with Crippen molar-refractivity contribution in [3.8, 4) is 5.75 Å². The molecule has 1 amide bonds. The molecule has 0 spiro atoms. The van der Waals surface area contributed by atoms with Crippen LogP contribution in [0.5, 0.6) is 5.75 Å². The predicted octanol–water partition coefficient (Wildman–Crippen LogP) is 4.13. The van der Waals surface area contributed by atoms with Crippen molar-refractivity contribution in [3.63, 3.8) is 0 Å². The molecule has 0 saturated heterocycles. The van der Waals surface area contributed by atoms with Crippen LogP contribution in [0.2, 0.25) is 5.02 Å². The highest BCUT2D eigenvalue weighted by atomic mass is 35.5. The van der Waals surface area contributed by atoms with Crippen LogP contribution in [0.3, 0.4) is 0 Å². The molecule has 0 radical (unpaired) electrons. The van der Waals surface area contributed by atoms with Crippen molar-refractivity contribution < 1.29 is 9.53 Å². The number of pyridine rings is 1. The van der Waals surface area contributed by atoms with Crippen LogP contribution in [0, 0.1) is 0 Å². The maximum atomic E-state index is 11.7. The SMILES string of the molecule is COc1cc(Cl)cc(Cc2ccnc(N3CCc4c(C(N)=O)cccc43)c2)c1. The van der Waals surface area contributed by atoms with E-state index < -0.39 is 5.91 Å². The molecule has 1 aliphatic rings. The number of rotatable bonds is 5. The van der Waals surface area contributed by atoms with E-state index in [-0.39, 0.29) is 0 Å². The van der Waals surface area contributed by atoms with Crippen molar-refractivity contribution in [2.75, 3.05) is 18.6 Å². The van der Waals surface area contributed by atoms with Crippen molar-refractivity contribution >= 4 is 29.0 Å². The lowest BCUT2D eigenvalue weighted by molar-refractivity contribution is 0.0999. The molecule has 2 aromatic carbocycles. The van der Waals surface area contributed by atoms with E-state index in [1.807, 2.05) is 36.5 Å². The molecule has 2 heterocycles. The van der Waals surface area contributed by atoms with Crippen molar-refractivity contribution in [1.29, 1.82) is 0 Å². The first-order valence-corrected chi connectivity index (χ1v) is 9.40. The van der Waals surface area contributed by atoms with Crippen LogP contribution in [0.15, 0.2) is 54.7 Å². The monoisotopic (exact) mass is 393 g/mol. The van der Waals surface area contributed by atoms with Gasteiger partial charge in [-0.1, -0.05) is 17.7 Å². The largest absolute Gasteiger partial charge is 0.497 e. The number of amides is 1. The number of carbonyl (C=O) groups is 1. The third-order valence-electron chi connectivity index (χ3n) is 4.95. The number of primary amides is 1. The molecule has 6 heteroatoms. The van der Waals surface area contributed by atoms with E-state index >= 15 is 0 Å². The highest BCUT2D eigenvalue weighted by Gasteiger charge is 2.25. The number of hydrogen-bond donors (Lipinski definition) is 1. The Kier molecular flexibility index (Phi) is 4.92. The number of nitrogens with two attached hydrogens (primary N) is 1. The summed E-state index contributed by atoms with van der Waals surface area (Å²) in [6.45, 7) is 0.765. The maximum absolute atomic E-state index is 11.7. The Morgan fingerprint density at radius 1 is 1.21 bits per heavy atom. The Bertz CT molecular complexity index is 1050. The molecule has 0 aliphatic carbocycles. The Hall–Kier alpha value is -3.05. The van der Waals surface area contributed by atoms with Gasteiger partial charge in [0, 0.05) is 29.0 Å². The van der Waals surface area contributed by atoms with Gasteiger partial charge < -0.3 is 15.4 Å². The van der Waals surface area contributed by atoms with Crippen molar-refractivity contribution in [1.82, 2.24) is 4.98 Å². The lowest BCUT2D eigenvalue weighted by atomic mass is 10.0. The molecule has 2 N–H and O–H groups in total. The van der Waals surface area contributed by atoms with Crippen LogP contribution in [0.4, 0.5) is 11.5 Å². The van der Waals surface area contributed by atoms with E-state index in [2.05, 4.69) is 16.0 Å². The molecule has 0 atom stereocenters. The third kappa shape index (κ3) is 3.53. The Morgan fingerprint density at radius 3 is 2.86 bits per heavy atom. The van der Waals surface area contributed by atoms with Gasteiger partial charge in [0.25, 0.3) is 0 Å². The van der Waals surface area contributed by atoms with Crippen LogP contribution in [-0.2, 0) is 12.8 Å². The molecule has 1 aliphatic heterocycles. The lowest BCUT2D eigenvalue weighted by Crippen LogP contribution is -2.15. The van der Waals surface area contributed by atoms with Crippen molar-refractivity contribution in [2.24, 2.45) is 5.73 Å². The number of carbonyl (C=O) groups excluding carboxylic acids is 1. The fourth-order valence-corrected chi connectivity index (χ4v) is 3.95. The smallest absolute Gasteiger partial charge is 0.249 e. The number of aromatic nitrogens is 1. The molecule has 1 aromatic heterocycles. The molecule has 0 bridgehead atoms. The number of benzene rings is 2. The molecule has 0 saturated carbocycles. The zero-order valence-electron chi connectivity index (χ0n) is 15.5. The summed E-state index contributed by atoms with van der Waals surface area (Å²) in [4.78, 5) is 18.4. The number of halogens is 1. The van der Waals surface area contributed by atoms with Gasteiger partial charge in [0.15, 0.2) is 0 Å². The molecular formula is C22H20ClN3O2. The van der Waals surface area contributed by atoms with Crippen LogP contribution in [-0.4, -0.2) is 24.5 Å². The van der Waals surface area contributed by atoms with E-state index in [9.17, 15) is 4.79 Å². The first kappa shape index (κ1) is 18.3. The maximum Gasteiger partial charge on any atom is 0.249 e. The molecule has 0 unspecified atom stereocenters. The highest BCUT2D eigenvalue weighted by Crippen LogP contribution is 2.35. The summed E-state index contributed by atoms with van der Waals surface area (Å²) in [5.74, 6) is 1.20. The predicted molar refractivity (Wildman–Crippen MR) is 111 cm³/mol. The minimum Gasteiger partial charge on any atom is -0.497 e. The average Bonchev–Trinajstić information content (AvgIpc) is 3.11. The Labute approximate surface area is 168 Å². The van der Waals surface area contributed by atoms with Gasteiger partial charge >= 0.3 is 0 Å². The van der Waals surface area contributed by atoms with E-state index in [1.54, 1.807) is 19.2 Å². The number of fused-ring (bicyclic) bond motifs is 1. The van der Waals surface area contributed by atoms with Gasteiger partial charge in [0.05, 0.1) is 7.11 Å². The van der Waals surface area contributed by atoms with Gasteiger partial charge in [-0.2, -0.15) is 0 Å². The van der Waals surface area contributed by atoms with Gasteiger partial charge in [0.2, 0.25) is 5.91 Å². The summed E-state index contributed by atoms with van der Waals surface area (Å²) in [5, 5.41) is 0.649. The number of anilines is 2. The number of methoxy groups -OCH3 is 1. The summed E-state index contributed by atoms with van der Waals surface area (Å²) in [5.41, 5.74) is 10.3. The first-order chi connectivity index (χ1) is 13.5. The zero-order valence-corrected chi connectivity index (χ0v) is 16.2. The topological polar surface area (TPSA) is 68.4 Å². The minimum absolute atomic E-state index is 0.393. The van der Waals surface area contributed by atoms with Gasteiger partial charge in [-0.3, -0.25) is 4.79 Å². The normalized spacial score (nSPS) is 12.7. The van der Waals surface area contributed by atoms with Crippen LogP contribution < -0.4 is 15.4 Å². The third-order valence-corrected chi connectivity index (χ3v) is 5.17. The van der Waals surface area contributed by atoms with Crippen molar-refractivity contribution in [2.45, 2.75) is 12.8 Å².